The Hall–Kier alpha value is -1.92. The fraction of sp³-hybridized carbons (Fsp3) is 0.294. The maximum absolute atomic E-state index is 12.9. The fourth-order valence-electron chi connectivity index (χ4n) is 2.16. The van der Waals surface area contributed by atoms with Crippen molar-refractivity contribution in [3.8, 4) is 0 Å². The van der Waals surface area contributed by atoms with Crippen LogP contribution in [0.4, 0.5) is 10.1 Å². The average molecular weight is 336 g/mol. The lowest BCUT2D eigenvalue weighted by atomic mass is 10.2. The van der Waals surface area contributed by atoms with Gasteiger partial charge in [-0.3, -0.25) is 0 Å². The molecule has 4 nitrogen and oxygen atoms in total. The molecule has 0 N–H and O–H groups in total. The minimum absolute atomic E-state index is 0.139. The SMILES string of the molecule is CN(C)c1ccc(CN(C)S(=O)(=O)Cc2ccc(F)cc2)cc1. The van der Waals surface area contributed by atoms with Gasteiger partial charge in [0.25, 0.3) is 0 Å². The molecule has 0 bridgehead atoms. The van der Waals surface area contributed by atoms with Gasteiger partial charge in [-0.05, 0) is 35.4 Å². The Kier molecular flexibility index (Phi) is 5.38. The highest BCUT2D eigenvalue weighted by atomic mass is 32.2. The third-order valence-corrected chi connectivity index (χ3v) is 5.37. The summed E-state index contributed by atoms with van der Waals surface area (Å²) in [5, 5.41) is 0. The van der Waals surface area contributed by atoms with Crippen molar-refractivity contribution in [2.75, 3.05) is 26.0 Å². The minimum atomic E-state index is -3.45. The lowest BCUT2D eigenvalue weighted by molar-refractivity contribution is 0.466. The first-order valence-corrected chi connectivity index (χ1v) is 8.83. The molecule has 0 saturated heterocycles. The topological polar surface area (TPSA) is 40.6 Å². The molecule has 0 aliphatic carbocycles. The fourth-order valence-corrected chi connectivity index (χ4v) is 3.34. The number of anilines is 1. The summed E-state index contributed by atoms with van der Waals surface area (Å²) in [7, 11) is 2.01. The Morgan fingerprint density at radius 1 is 0.870 bits per heavy atom. The highest BCUT2D eigenvalue weighted by Gasteiger charge is 2.18. The molecule has 0 aromatic heterocycles. The number of rotatable bonds is 6. The molecular weight excluding hydrogens is 315 g/mol. The van der Waals surface area contributed by atoms with Gasteiger partial charge in [0.1, 0.15) is 5.82 Å². The summed E-state index contributed by atoms with van der Waals surface area (Å²) in [6.07, 6.45) is 0. The van der Waals surface area contributed by atoms with Crippen LogP contribution in [-0.2, 0) is 22.3 Å². The predicted molar refractivity (Wildman–Crippen MR) is 91.3 cm³/mol. The summed E-state index contributed by atoms with van der Waals surface area (Å²) >= 11 is 0. The Balaban J connectivity index is 2.06. The number of hydrogen-bond acceptors (Lipinski definition) is 3. The van der Waals surface area contributed by atoms with Crippen molar-refractivity contribution in [1.82, 2.24) is 4.31 Å². The van der Waals surface area contributed by atoms with Gasteiger partial charge in [0, 0.05) is 33.4 Å². The van der Waals surface area contributed by atoms with Gasteiger partial charge in [0.15, 0.2) is 0 Å². The van der Waals surface area contributed by atoms with Crippen LogP contribution in [0.2, 0.25) is 0 Å². The van der Waals surface area contributed by atoms with E-state index in [-0.39, 0.29) is 11.6 Å². The van der Waals surface area contributed by atoms with Gasteiger partial charge in [-0.15, -0.1) is 0 Å². The van der Waals surface area contributed by atoms with Gasteiger partial charge in [-0.2, -0.15) is 0 Å². The monoisotopic (exact) mass is 336 g/mol. The summed E-state index contributed by atoms with van der Waals surface area (Å²) < 4.78 is 39.0. The zero-order chi connectivity index (χ0) is 17.0. The highest BCUT2D eigenvalue weighted by molar-refractivity contribution is 7.88. The van der Waals surface area contributed by atoms with Gasteiger partial charge in [-0.1, -0.05) is 24.3 Å². The standard InChI is InChI=1S/C17H21FN2O2S/c1-19(2)17-10-6-14(7-11-17)12-20(3)23(21,22)13-15-4-8-16(18)9-5-15/h4-11H,12-13H2,1-3H3. The first-order chi connectivity index (χ1) is 10.8. The Morgan fingerprint density at radius 2 is 1.39 bits per heavy atom. The first-order valence-electron chi connectivity index (χ1n) is 7.22. The molecule has 0 heterocycles. The van der Waals surface area contributed by atoms with Gasteiger partial charge in [-0.25, -0.2) is 17.1 Å². The molecule has 124 valence electrons. The highest BCUT2D eigenvalue weighted by Crippen LogP contribution is 2.16. The molecule has 0 fully saturated rings. The van der Waals surface area contributed by atoms with Gasteiger partial charge in [0.05, 0.1) is 5.75 Å². The lowest BCUT2D eigenvalue weighted by Gasteiger charge is -2.18. The van der Waals surface area contributed by atoms with E-state index in [1.165, 1.54) is 28.6 Å². The largest absolute Gasteiger partial charge is 0.378 e. The zero-order valence-corrected chi connectivity index (χ0v) is 14.3. The molecule has 0 amide bonds. The van der Waals surface area contributed by atoms with Crippen LogP contribution in [0.1, 0.15) is 11.1 Å². The molecular formula is C17H21FN2O2S. The van der Waals surface area contributed by atoms with E-state index in [9.17, 15) is 12.8 Å². The number of nitrogens with zero attached hydrogens (tertiary/aromatic N) is 2. The molecule has 6 heteroatoms. The van der Waals surface area contributed by atoms with Crippen LogP contribution in [0.5, 0.6) is 0 Å². The molecule has 2 aromatic carbocycles. The van der Waals surface area contributed by atoms with Gasteiger partial charge in [0.2, 0.25) is 10.0 Å². The number of benzene rings is 2. The van der Waals surface area contributed by atoms with Crippen LogP contribution in [0.25, 0.3) is 0 Å². The summed E-state index contributed by atoms with van der Waals surface area (Å²) in [5.74, 6) is -0.514. The summed E-state index contributed by atoms with van der Waals surface area (Å²) in [4.78, 5) is 1.98. The van der Waals surface area contributed by atoms with E-state index in [2.05, 4.69) is 0 Å². The van der Waals surface area contributed by atoms with E-state index < -0.39 is 10.0 Å². The van der Waals surface area contributed by atoms with Crippen LogP contribution in [0.15, 0.2) is 48.5 Å². The molecule has 0 aliphatic rings. The zero-order valence-electron chi connectivity index (χ0n) is 13.5. The van der Waals surface area contributed by atoms with Crippen molar-refractivity contribution in [3.05, 3.63) is 65.5 Å². The van der Waals surface area contributed by atoms with Crippen molar-refractivity contribution in [2.45, 2.75) is 12.3 Å². The number of halogens is 1. The quantitative estimate of drug-likeness (QED) is 0.814. The van der Waals surface area contributed by atoms with E-state index in [1.807, 2.05) is 43.3 Å². The third kappa shape index (κ3) is 4.77. The van der Waals surface area contributed by atoms with Crippen LogP contribution in [0, 0.1) is 5.82 Å². The second-order valence-electron chi connectivity index (χ2n) is 5.70. The Bertz CT molecular complexity index is 741. The van der Waals surface area contributed by atoms with Crippen LogP contribution < -0.4 is 4.90 Å². The molecule has 2 aromatic rings. The second-order valence-corrected chi connectivity index (χ2v) is 7.78. The molecule has 0 saturated carbocycles. The molecule has 23 heavy (non-hydrogen) atoms. The van der Waals surface area contributed by atoms with E-state index in [4.69, 9.17) is 0 Å². The van der Waals surface area contributed by atoms with Crippen LogP contribution >= 0.6 is 0 Å². The Labute approximate surface area is 137 Å². The maximum atomic E-state index is 12.9. The smallest absolute Gasteiger partial charge is 0.218 e. The molecule has 0 unspecified atom stereocenters. The molecule has 0 spiro atoms. The van der Waals surface area contributed by atoms with Crippen molar-refractivity contribution in [1.29, 1.82) is 0 Å². The van der Waals surface area contributed by atoms with E-state index in [1.54, 1.807) is 7.05 Å². The predicted octanol–water partition coefficient (Wildman–Crippen LogP) is 2.85. The molecule has 0 atom stereocenters. The molecule has 0 radical (unpaired) electrons. The Morgan fingerprint density at radius 3 is 1.91 bits per heavy atom. The summed E-state index contributed by atoms with van der Waals surface area (Å²) in [6, 6.07) is 13.3. The normalized spacial score (nSPS) is 11.7. The summed E-state index contributed by atoms with van der Waals surface area (Å²) in [5.41, 5.74) is 2.55. The second kappa shape index (κ2) is 7.10. The van der Waals surface area contributed by atoms with E-state index in [0.29, 0.717) is 12.1 Å². The van der Waals surface area contributed by atoms with Crippen molar-refractivity contribution < 1.29 is 12.8 Å². The van der Waals surface area contributed by atoms with E-state index in [0.717, 1.165) is 11.3 Å². The van der Waals surface area contributed by atoms with Crippen molar-refractivity contribution in [3.63, 3.8) is 0 Å². The average Bonchev–Trinajstić information content (AvgIpc) is 2.50. The van der Waals surface area contributed by atoms with Crippen LogP contribution in [-0.4, -0.2) is 33.9 Å². The maximum Gasteiger partial charge on any atom is 0.218 e. The van der Waals surface area contributed by atoms with Gasteiger partial charge >= 0.3 is 0 Å². The first kappa shape index (κ1) is 17.4. The van der Waals surface area contributed by atoms with Crippen molar-refractivity contribution >= 4 is 15.7 Å². The third-order valence-electron chi connectivity index (χ3n) is 3.60. The number of hydrogen-bond donors (Lipinski definition) is 0. The van der Waals surface area contributed by atoms with Crippen molar-refractivity contribution in [2.24, 2.45) is 0 Å². The number of sulfonamides is 1. The lowest BCUT2D eigenvalue weighted by Crippen LogP contribution is -2.27. The van der Waals surface area contributed by atoms with Crippen LogP contribution in [0.3, 0.4) is 0 Å². The van der Waals surface area contributed by atoms with Gasteiger partial charge < -0.3 is 4.90 Å². The van der Waals surface area contributed by atoms with E-state index >= 15 is 0 Å². The minimum Gasteiger partial charge on any atom is -0.378 e. The molecule has 0 aliphatic heterocycles. The summed E-state index contributed by atoms with van der Waals surface area (Å²) in [6.45, 7) is 0.303. The molecule has 2 rings (SSSR count).